The van der Waals surface area contributed by atoms with Gasteiger partial charge in [-0.15, -0.1) is 0 Å². The van der Waals surface area contributed by atoms with Crippen LogP contribution in [0.1, 0.15) is 29.5 Å². The van der Waals surface area contributed by atoms with Gasteiger partial charge in [0.15, 0.2) is 0 Å². The van der Waals surface area contributed by atoms with Gasteiger partial charge in [-0.25, -0.2) is 0 Å². The van der Waals surface area contributed by atoms with Gasteiger partial charge in [-0.1, -0.05) is 0 Å². The Bertz CT molecular complexity index is 274. The third-order valence-electron chi connectivity index (χ3n) is 2.45. The fourth-order valence-corrected chi connectivity index (χ4v) is 12.2. The molecule has 1 aromatic carbocycles. The van der Waals surface area contributed by atoms with Crippen molar-refractivity contribution in [3.63, 3.8) is 0 Å². The van der Waals surface area contributed by atoms with E-state index in [4.69, 9.17) is 0 Å². The topological polar surface area (TPSA) is 0 Å². The van der Waals surface area contributed by atoms with Crippen LogP contribution in [0.5, 0.6) is 0 Å². The van der Waals surface area contributed by atoms with Gasteiger partial charge in [0.25, 0.3) is 0 Å². The van der Waals surface area contributed by atoms with Crippen LogP contribution < -0.4 is 0 Å². The van der Waals surface area contributed by atoms with Gasteiger partial charge in [0.05, 0.1) is 0 Å². The molecule has 1 heterocycles. The summed E-state index contributed by atoms with van der Waals surface area (Å²) in [7, 11) is 0. The van der Waals surface area contributed by atoms with Crippen LogP contribution in [0.2, 0.25) is 9.63 Å². The first-order valence-electron chi connectivity index (χ1n) is 5.11. The summed E-state index contributed by atoms with van der Waals surface area (Å²) in [6.45, 7) is 4.86. The molecule has 2 heteroatoms. The molecule has 2 atom stereocenters. The summed E-state index contributed by atoms with van der Waals surface area (Å²) in [4.78, 5) is 1.97. The van der Waals surface area contributed by atoms with Gasteiger partial charge in [0.2, 0.25) is 0 Å². The summed E-state index contributed by atoms with van der Waals surface area (Å²) in [6.07, 6.45) is 1.48. The van der Waals surface area contributed by atoms with E-state index in [1.54, 1.807) is 5.56 Å². The molecule has 1 aromatic rings. The van der Waals surface area contributed by atoms with Gasteiger partial charge in [0, 0.05) is 0 Å². The number of hydrogen-bond acceptors (Lipinski definition) is 0. The molecule has 0 amide bonds. The van der Waals surface area contributed by atoms with Crippen molar-refractivity contribution in [2.75, 3.05) is 0 Å². The Balaban J connectivity index is 2.11. The Labute approximate surface area is 99.2 Å². The van der Waals surface area contributed by atoms with Crippen molar-refractivity contribution in [3.8, 4) is 0 Å². The zero-order chi connectivity index (χ0) is 9.97. The number of benzene rings is 1. The first-order valence-corrected chi connectivity index (χ1v) is 9.07. The van der Waals surface area contributed by atoms with Gasteiger partial charge in [-0.05, 0) is 0 Å². The predicted molar refractivity (Wildman–Crippen MR) is 64.2 cm³/mol. The minimum absolute atomic E-state index is 0.841. The predicted octanol–water partition coefficient (Wildman–Crippen LogP) is 3.11. The summed E-state index contributed by atoms with van der Waals surface area (Å²) in [5.41, 5.74) is 1.60. The van der Waals surface area contributed by atoms with E-state index in [-0.39, 0.29) is 0 Å². The number of rotatable bonds is 1. The Morgan fingerprint density at radius 2 is 1.57 bits per heavy atom. The summed E-state index contributed by atoms with van der Waals surface area (Å²) in [5.74, 6) is 0. The van der Waals surface area contributed by atoms with Gasteiger partial charge >= 0.3 is 99.4 Å². The third kappa shape index (κ3) is 2.64. The van der Waals surface area contributed by atoms with E-state index in [0.717, 1.165) is 43.3 Å². The van der Waals surface area contributed by atoms with Crippen molar-refractivity contribution in [3.05, 3.63) is 35.9 Å². The summed E-state index contributed by atoms with van der Waals surface area (Å²) < 4.78 is 0.940. The molecule has 0 aromatic heterocycles. The molecule has 0 nitrogen and oxygen atoms in total. The Morgan fingerprint density at radius 3 is 2.14 bits per heavy atom. The number of hydrogen-bond donors (Lipinski definition) is 0. The monoisotopic (exact) mass is 320 g/mol. The van der Waals surface area contributed by atoms with Crippen LogP contribution in [-0.2, 0) is 0 Å². The van der Waals surface area contributed by atoms with E-state index in [2.05, 4.69) is 44.2 Å². The Morgan fingerprint density at radius 1 is 1.00 bits per heavy atom. The van der Waals surface area contributed by atoms with E-state index >= 15 is 0 Å². The van der Waals surface area contributed by atoms with Crippen LogP contribution in [0, 0.1) is 0 Å². The normalized spacial score (nSPS) is 32.9. The summed E-state index contributed by atoms with van der Waals surface area (Å²) >= 11 is 1.68. The second-order valence-electron chi connectivity index (χ2n) is 3.87. The molecule has 0 radical (unpaired) electrons. The first kappa shape index (κ1) is 10.8. The quantitative estimate of drug-likeness (QED) is 0.698. The van der Waals surface area contributed by atoms with Crippen molar-refractivity contribution in [1.82, 2.24) is 0 Å². The molecule has 0 N–H and O–H groups in total. The van der Waals surface area contributed by atoms with Crippen molar-refractivity contribution in [2.24, 2.45) is 0 Å². The fourth-order valence-electron chi connectivity index (χ4n) is 1.80. The van der Waals surface area contributed by atoms with Crippen LogP contribution >= 0.6 is 0 Å². The Hall–Kier alpha value is 0.259. The molecule has 1 aliphatic heterocycles. The van der Waals surface area contributed by atoms with E-state index in [0.29, 0.717) is 0 Å². The fraction of sp³-hybridized carbons (Fsp3) is 0.500. The van der Waals surface area contributed by atoms with Crippen LogP contribution in [0.3, 0.4) is 0 Å². The molecule has 76 valence electrons. The second kappa shape index (κ2) is 4.85. The average molecular weight is 318 g/mol. The molecule has 1 saturated heterocycles. The molecule has 0 spiro atoms. The van der Waals surface area contributed by atoms with Crippen LogP contribution in [0.15, 0.2) is 30.3 Å². The van der Waals surface area contributed by atoms with E-state index in [1.165, 1.54) is 6.42 Å². The third-order valence-corrected chi connectivity index (χ3v) is 9.81. The van der Waals surface area contributed by atoms with E-state index in [9.17, 15) is 0 Å². The van der Waals surface area contributed by atoms with Gasteiger partial charge in [-0.2, -0.15) is 0 Å². The summed E-state index contributed by atoms with van der Waals surface area (Å²) in [6, 6.07) is 11.1. The average Bonchev–Trinajstić information content (AvgIpc) is 2.18. The van der Waals surface area contributed by atoms with Crippen molar-refractivity contribution in [1.29, 1.82) is 0 Å². The van der Waals surface area contributed by atoms with Crippen LogP contribution in [-0.4, -0.2) is 29.9 Å². The standard InChI is InChI=1S/C12H16Se2/c1-9-8-10(2)14-12(13-9)11-6-4-3-5-7-11/h3-7,9-10,12H,8H2,1-2H3. The molecule has 0 saturated carbocycles. The molecule has 1 aliphatic rings. The van der Waals surface area contributed by atoms with Crippen molar-refractivity contribution >= 4 is 29.9 Å². The van der Waals surface area contributed by atoms with Crippen LogP contribution in [0.25, 0.3) is 0 Å². The maximum absolute atomic E-state index is 2.43. The minimum atomic E-state index is 0.841. The van der Waals surface area contributed by atoms with Gasteiger partial charge < -0.3 is 0 Å². The van der Waals surface area contributed by atoms with Crippen molar-refractivity contribution < 1.29 is 0 Å². The molecular formula is C12H16Se2. The first-order chi connectivity index (χ1) is 6.75. The molecule has 2 rings (SSSR count). The molecule has 2 unspecified atom stereocenters. The molecule has 0 aliphatic carbocycles. The maximum atomic E-state index is 2.43. The SMILES string of the molecule is CC1CC(C)[Se]C(c2ccccc2)[Se]1. The van der Waals surface area contributed by atoms with Gasteiger partial charge in [0.1, 0.15) is 0 Å². The van der Waals surface area contributed by atoms with Gasteiger partial charge in [-0.3, -0.25) is 0 Å². The molecule has 0 bridgehead atoms. The van der Waals surface area contributed by atoms with E-state index in [1.807, 2.05) is 0 Å². The van der Waals surface area contributed by atoms with Crippen molar-refractivity contribution in [2.45, 2.75) is 33.6 Å². The zero-order valence-electron chi connectivity index (χ0n) is 8.64. The summed E-state index contributed by atoms with van der Waals surface area (Å²) in [5, 5.41) is 0. The van der Waals surface area contributed by atoms with Crippen LogP contribution in [0.4, 0.5) is 0 Å². The Kier molecular flexibility index (Phi) is 3.73. The van der Waals surface area contributed by atoms with E-state index < -0.39 is 0 Å². The molecule has 1 fully saturated rings. The zero-order valence-corrected chi connectivity index (χ0v) is 12.1. The molecular weight excluding hydrogens is 302 g/mol. The second-order valence-corrected chi connectivity index (χ2v) is 11.9. The molecule has 14 heavy (non-hydrogen) atoms.